The minimum atomic E-state index is -0.234. The standard InChI is InChI=1S/C22H25N3O4S/c1-14-6-9-17(10-7-14)30-15(2)22(26)25(3)13-20-23-21(24-29-20)18-11-8-16(27-4)12-19(18)28-5/h6-12,15H,13H2,1-5H3/t15-/m1/s1. The summed E-state index contributed by atoms with van der Waals surface area (Å²) in [6.45, 7) is 4.16. The Morgan fingerprint density at radius 2 is 1.90 bits per heavy atom. The molecule has 8 heteroatoms. The third-order valence-electron chi connectivity index (χ3n) is 4.55. The molecule has 0 saturated heterocycles. The summed E-state index contributed by atoms with van der Waals surface area (Å²) in [6, 6.07) is 13.5. The van der Waals surface area contributed by atoms with Crippen molar-refractivity contribution in [3.63, 3.8) is 0 Å². The second kappa shape index (κ2) is 9.67. The van der Waals surface area contributed by atoms with E-state index in [1.54, 1.807) is 44.4 Å². The van der Waals surface area contributed by atoms with E-state index in [0.29, 0.717) is 28.8 Å². The summed E-state index contributed by atoms with van der Waals surface area (Å²) in [4.78, 5) is 19.8. The van der Waals surface area contributed by atoms with Crippen LogP contribution in [0.2, 0.25) is 0 Å². The molecule has 1 heterocycles. The SMILES string of the molecule is COc1ccc(-c2noc(CN(C)C(=O)[C@@H](C)Sc3ccc(C)cc3)n2)c(OC)c1. The van der Waals surface area contributed by atoms with E-state index in [-0.39, 0.29) is 17.7 Å². The van der Waals surface area contributed by atoms with Crippen molar-refractivity contribution < 1.29 is 18.8 Å². The van der Waals surface area contributed by atoms with Crippen molar-refractivity contribution in [2.75, 3.05) is 21.3 Å². The molecule has 158 valence electrons. The maximum absolute atomic E-state index is 12.7. The summed E-state index contributed by atoms with van der Waals surface area (Å²) < 4.78 is 16.0. The number of rotatable bonds is 8. The van der Waals surface area contributed by atoms with E-state index in [4.69, 9.17) is 14.0 Å². The zero-order valence-corrected chi connectivity index (χ0v) is 18.5. The van der Waals surface area contributed by atoms with E-state index < -0.39 is 0 Å². The fourth-order valence-corrected chi connectivity index (χ4v) is 3.86. The van der Waals surface area contributed by atoms with E-state index in [1.165, 1.54) is 17.3 Å². The first-order chi connectivity index (χ1) is 14.4. The Hall–Kier alpha value is -3.00. The first-order valence-corrected chi connectivity index (χ1v) is 10.3. The van der Waals surface area contributed by atoms with Crippen LogP contribution in [0.5, 0.6) is 11.5 Å². The largest absolute Gasteiger partial charge is 0.497 e. The summed E-state index contributed by atoms with van der Waals surface area (Å²) >= 11 is 1.52. The molecule has 0 aliphatic rings. The van der Waals surface area contributed by atoms with Gasteiger partial charge in [-0.25, -0.2) is 0 Å². The van der Waals surface area contributed by atoms with Gasteiger partial charge >= 0.3 is 0 Å². The van der Waals surface area contributed by atoms with Crippen LogP contribution in [0.15, 0.2) is 51.9 Å². The Morgan fingerprint density at radius 3 is 2.57 bits per heavy atom. The highest BCUT2D eigenvalue weighted by molar-refractivity contribution is 8.00. The minimum absolute atomic E-state index is 0.0117. The number of methoxy groups -OCH3 is 2. The van der Waals surface area contributed by atoms with Crippen molar-refractivity contribution in [1.82, 2.24) is 15.0 Å². The van der Waals surface area contributed by atoms with E-state index in [9.17, 15) is 4.79 Å². The number of nitrogens with zero attached hydrogens (tertiary/aromatic N) is 3. The van der Waals surface area contributed by atoms with E-state index >= 15 is 0 Å². The van der Waals surface area contributed by atoms with Crippen LogP contribution in [-0.2, 0) is 11.3 Å². The maximum atomic E-state index is 12.7. The smallest absolute Gasteiger partial charge is 0.246 e. The second-order valence-corrected chi connectivity index (χ2v) is 8.26. The van der Waals surface area contributed by atoms with Gasteiger partial charge in [-0.2, -0.15) is 4.98 Å². The van der Waals surface area contributed by atoms with Crippen molar-refractivity contribution in [2.24, 2.45) is 0 Å². The molecular weight excluding hydrogens is 402 g/mol. The van der Waals surface area contributed by atoms with Gasteiger partial charge in [-0.3, -0.25) is 4.79 Å². The predicted octanol–water partition coefficient (Wildman–Crippen LogP) is 4.20. The molecular formula is C22H25N3O4S. The Kier molecular flexibility index (Phi) is 6.99. The average Bonchev–Trinajstić information content (AvgIpc) is 3.22. The molecule has 30 heavy (non-hydrogen) atoms. The molecule has 1 atom stereocenters. The lowest BCUT2D eigenvalue weighted by Gasteiger charge is -2.19. The molecule has 3 rings (SSSR count). The fraction of sp³-hybridized carbons (Fsp3) is 0.318. The van der Waals surface area contributed by atoms with E-state index in [2.05, 4.69) is 10.1 Å². The number of aryl methyl sites for hydroxylation is 1. The second-order valence-electron chi connectivity index (χ2n) is 6.85. The summed E-state index contributed by atoms with van der Waals surface area (Å²) in [6.07, 6.45) is 0. The van der Waals surface area contributed by atoms with Crippen LogP contribution >= 0.6 is 11.8 Å². The summed E-state index contributed by atoms with van der Waals surface area (Å²) in [5, 5.41) is 3.80. The van der Waals surface area contributed by atoms with Gasteiger partial charge in [-0.1, -0.05) is 22.9 Å². The van der Waals surface area contributed by atoms with Crippen molar-refractivity contribution in [3.8, 4) is 22.9 Å². The Balaban J connectivity index is 1.66. The number of hydrogen-bond acceptors (Lipinski definition) is 7. The molecule has 0 fully saturated rings. The lowest BCUT2D eigenvalue weighted by molar-refractivity contribution is -0.129. The van der Waals surface area contributed by atoms with Gasteiger partial charge < -0.3 is 18.9 Å². The molecule has 0 N–H and O–H groups in total. The summed E-state index contributed by atoms with van der Waals surface area (Å²) in [5.41, 5.74) is 1.88. The van der Waals surface area contributed by atoms with Crippen molar-refractivity contribution in [3.05, 3.63) is 53.9 Å². The number of benzene rings is 2. The number of amides is 1. The van der Waals surface area contributed by atoms with Crippen molar-refractivity contribution >= 4 is 17.7 Å². The Labute approximate surface area is 180 Å². The third kappa shape index (κ3) is 5.13. The highest BCUT2D eigenvalue weighted by Gasteiger charge is 2.21. The van der Waals surface area contributed by atoms with Crippen molar-refractivity contribution in [2.45, 2.75) is 30.5 Å². The zero-order chi connectivity index (χ0) is 21.7. The number of ether oxygens (including phenoxy) is 2. The van der Waals surface area contributed by atoms with Crippen LogP contribution in [0.25, 0.3) is 11.4 Å². The summed E-state index contributed by atoms with van der Waals surface area (Å²) in [5.74, 6) is 1.99. The molecule has 0 radical (unpaired) electrons. The van der Waals surface area contributed by atoms with Crippen LogP contribution in [0.4, 0.5) is 0 Å². The van der Waals surface area contributed by atoms with Gasteiger partial charge in [0.15, 0.2) is 0 Å². The van der Waals surface area contributed by atoms with Crippen molar-refractivity contribution in [1.29, 1.82) is 0 Å². The van der Waals surface area contributed by atoms with Crippen LogP contribution < -0.4 is 9.47 Å². The molecule has 1 aromatic heterocycles. The number of carbonyl (C=O) groups excluding carboxylic acids is 1. The highest BCUT2D eigenvalue weighted by atomic mass is 32.2. The minimum Gasteiger partial charge on any atom is -0.497 e. The summed E-state index contributed by atoms with van der Waals surface area (Å²) in [7, 11) is 4.89. The van der Waals surface area contributed by atoms with Gasteiger partial charge in [-0.15, -0.1) is 11.8 Å². The Bertz CT molecular complexity index is 1000. The van der Waals surface area contributed by atoms with Crippen LogP contribution in [-0.4, -0.2) is 47.5 Å². The molecule has 7 nitrogen and oxygen atoms in total. The lowest BCUT2D eigenvalue weighted by Crippen LogP contribution is -2.32. The monoisotopic (exact) mass is 427 g/mol. The van der Waals surface area contributed by atoms with Gasteiger partial charge in [0.2, 0.25) is 17.6 Å². The molecule has 0 saturated carbocycles. The average molecular weight is 428 g/mol. The van der Waals surface area contributed by atoms with Crippen LogP contribution in [0, 0.1) is 6.92 Å². The van der Waals surface area contributed by atoms with Gasteiger partial charge in [0.1, 0.15) is 11.5 Å². The quantitative estimate of drug-likeness (QED) is 0.499. The number of thioether (sulfide) groups is 1. The fourth-order valence-electron chi connectivity index (χ4n) is 2.87. The van der Waals surface area contributed by atoms with Gasteiger partial charge in [-0.05, 0) is 38.1 Å². The number of hydrogen-bond donors (Lipinski definition) is 0. The van der Waals surface area contributed by atoms with Crippen LogP contribution in [0.3, 0.4) is 0 Å². The Morgan fingerprint density at radius 1 is 1.17 bits per heavy atom. The normalized spacial score (nSPS) is 11.8. The third-order valence-corrected chi connectivity index (χ3v) is 5.65. The molecule has 0 unspecified atom stereocenters. The number of aromatic nitrogens is 2. The first-order valence-electron chi connectivity index (χ1n) is 9.44. The van der Waals surface area contributed by atoms with Gasteiger partial charge in [0.05, 0.1) is 31.6 Å². The topological polar surface area (TPSA) is 77.7 Å². The molecule has 1 amide bonds. The first kappa shape index (κ1) is 21.7. The number of carbonyl (C=O) groups is 1. The highest BCUT2D eigenvalue weighted by Crippen LogP contribution is 2.31. The van der Waals surface area contributed by atoms with Crippen LogP contribution in [0.1, 0.15) is 18.4 Å². The van der Waals surface area contributed by atoms with Gasteiger partial charge in [0.25, 0.3) is 0 Å². The van der Waals surface area contributed by atoms with E-state index in [0.717, 1.165) is 4.90 Å². The lowest BCUT2D eigenvalue weighted by atomic mass is 10.2. The predicted molar refractivity (Wildman–Crippen MR) is 116 cm³/mol. The zero-order valence-electron chi connectivity index (χ0n) is 17.7. The maximum Gasteiger partial charge on any atom is 0.246 e. The van der Waals surface area contributed by atoms with Gasteiger partial charge in [0, 0.05) is 18.0 Å². The molecule has 0 bridgehead atoms. The molecule has 3 aromatic rings. The molecule has 0 aliphatic heterocycles. The van der Waals surface area contributed by atoms with E-state index in [1.807, 2.05) is 38.1 Å². The molecule has 0 aliphatic carbocycles. The molecule has 0 spiro atoms. The molecule has 2 aromatic carbocycles.